The first-order valence-corrected chi connectivity index (χ1v) is 9.84. The highest BCUT2D eigenvalue weighted by atomic mass is 32.2. The van der Waals surface area contributed by atoms with E-state index in [1.807, 2.05) is 18.6 Å². The fourth-order valence-electron chi connectivity index (χ4n) is 2.71. The first kappa shape index (κ1) is 20.1. The molecule has 0 spiro atoms. The summed E-state index contributed by atoms with van der Waals surface area (Å²) in [6.45, 7) is 8.08. The highest BCUT2D eigenvalue weighted by molar-refractivity contribution is 7.90. The van der Waals surface area contributed by atoms with E-state index in [1.54, 1.807) is 6.92 Å². The Labute approximate surface area is 152 Å². The Morgan fingerprint density at radius 1 is 1.23 bits per heavy atom. The van der Waals surface area contributed by atoms with Gasteiger partial charge in [-0.05, 0) is 38.2 Å². The number of pyridine rings is 1. The SMILES string of the molecule is CCN(CC)CC(C)NC(=O)NS(=O)(=O)c1ccc(F)c2cnccc12. The second kappa shape index (κ2) is 8.41. The van der Waals surface area contributed by atoms with Gasteiger partial charge in [-0.15, -0.1) is 0 Å². The van der Waals surface area contributed by atoms with E-state index in [2.05, 4.69) is 15.2 Å². The number of aromatic nitrogens is 1. The monoisotopic (exact) mass is 382 g/mol. The highest BCUT2D eigenvalue weighted by Crippen LogP contribution is 2.24. The summed E-state index contributed by atoms with van der Waals surface area (Å²) in [5, 5.41) is 2.85. The lowest BCUT2D eigenvalue weighted by atomic mass is 10.2. The Bertz CT molecular complexity index is 885. The summed E-state index contributed by atoms with van der Waals surface area (Å²) in [6.07, 6.45) is 2.61. The molecule has 26 heavy (non-hydrogen) atoms. The van der Waals surface area contributed by atoms with E-state index in [0.29, 0.717) is 6.54 Å². The van der Waals surface area contributed by atoms with E-state index in [0.717, 1.165) is 25.2 Å². The molecule has 2 amide bonds. The summed E-state index contributed by atoms with van der Waals surface area (Å²) in [4.78, 5) is 17.8. The van der Waals surface area contributed by atoms with Crippen LogP contribution < -0.4 is 10.0 Å². The maximum Gasteiger partial charge on any atom is 0.328 e. The van der Waals surface area contributed by atoms with Crippen LogP contribution in [0.5, 0.6) is 0 Å². The summed E-state index contributed by atoms with van der Waals surface area (Å²) < 4.78 is 40.9. The number of carbonyl (C=O) groups is 1. The molecule has 0 aliphatic heterocycles. The van der Waals surface area contributed by atoms with Crippen molar-refractivity contribution in [3.8, 4) is 0 Å². The molecule has 0 bridgehead atoms. The summed E-state index contributed by atoms with van der Waals surface area (Å²) in [7, 11) is -4.16. The Balaban J connectivity index is 2.16. The third-order valence-electron chi connectivity index (χ3n) is 4.05. The molecule has 9 heteroatoms. The quantitative estimate of drug-likeness (QED) is 0.765. The van der Waals surface area contributed by atoms with Crippen LogP contribution in [0.15, 0.2) is 35.5 Å². The van der Waals surface area contributed by atoms with Crippen LogP contribution in [-0.2, 0) is 10.0 Å². The third-order valence-corrected chi connectivity index (χ3v) is 5.43. The second-order valence-corrected chi connectivity index (χ2v) is 7.58. The van der Waals surface area contributed by atoms with Crippen LogP contribution in [0.3, 0.4) is 0 Å². The number of nitrogens with zero attached hydrogens (tertiary/aromatic N) is 2. The van der Waals surface area contributed by atoms with E-state index < -0.39 is 21.9 Å². The van der Waals surface area contributed by atoms with E-state index in [4.69, 9.17) is 0 Å². The second-order valence-electron chi connectivity index (χ2n) is 5.93. The molecule has 0 saturated heterocycles. The Morgan fingerprint density at radius 3 is 2.58 bits per heavy atom. The van der Waals surface area contributed by atoms with Crippen molar-refractivity contribution in [2.45, 2.75) is 31.7 Å². The van der Waals surface area contributed by atoms with Gasteiger partial charge in [-0.2, -0.15) is 0 Å². The van der Waals surface area contributed by atoms with Gasteiger partial charge in [0.1, 0.15) is 5.82 Å². The number of urea groups is 1. The van der Waals surface area contributed by atoms with Gasteiger partial charge in [0.05, 0.1) is 4.90 Å². The molecule has 2 rings (SSSR count). The Morgan fingerprint density at radius 2 is 1.92 bits per heavy atom. The van der Waals surface area contributed by atoms with Crippen LogP contribution in [0.4, 0.5) is 9.18 Å². The van der Waals surface area contributed by atoms with Crippen LogP contribution in [0.2, 0.25) is 0 Å². The lowest BCUT2D eigenvalue weighted by Crippen LogP contribution is -2.47. The van der Waals surface area contributed by atoms with Crippen molar-refractivity contribution in [2.75, 3.05) is 19.6 Å². The van der Waals surface area contributed by atoms with Crippen molar-refractivity contribution < 1.29 is 17.6 Å². The number of fused-ring (bicyclic) bond motifs is 1. The molecule has 1 aromatic carbocycles. The van der Waals surface area contributed by atoms with Crippen molar-refractivity contribution in [1.29, 1.82) is 0 Å². The molecule has 0 saturated carbocycles. The lowest BCUT2D eigenvalue weighted by Gasteiger charge is -2.23. The van der Waals surface area contributed by atoms with Gasteiger partial charge in [-0.25, -0.2) is 22.3 Å². The van der Waals surface area contributed by atoms with Crippen LogP contribution >= 0.6 is 0 Å². The van der Waals surface area contributed by atoms with Crippen molar-refractivity contribution in [3.05, 3.63) is 36.4 Å². The third kappa shape index (κ3) is 4.67. The number of amides is 2. The van der Waals surface area contributed by atoms with Crippen LogP contribution in [0.1, 0.15) is 20.8 Å². The van der Waals surface area contributed by atoms with Gasteiger partial charge in [0.15, 0.2) is 0 Å². The maximum absolute atomic E-state index is 13.8. The summed E-state index contributed by atoms with van der Waals surface area (Å²) in [6, 6.07) is 2.51. The maximum atomic E-state index is 13.8. The van der Waals surface area contributed by atoms with Crippen LogP contribution in [0, 0.1) is 5.82 Å². The number of sulfonamides is 1. The van der Waals surface area contributed by atoms with E-state index in [9.17, 15) is 17.6 Å². The zero-order valence-electron chi connectivity index (χ0n) is 15.0. The highest BCUT2D eigenvalue weighted by Gasteiger charge is 2.22. The number of carbonyl (C=O) groups excluding carboxylic acids is 1. The number of benzene rings is 1. The molecule has 0 aliphatic carbocycles. The molecule has 0 radical (unpaired) electrons. The molecule has 1 atom stereocenters. The Hall–Kier alpha value is -2.26. The van der Waals surface area contributed by atoms with Gasteiger partial charge >= 0.3 is 6.03 Å². The minimum absolute atomic E-state index is 0.0747. The van der Waals surface area contributed by atoms with Gasteiger partial charge < -0.3 is 10.2 Å². The topological polar surface area (TPSA) is 91.4 Å². The number of hydrogen-bond acceptors (Lipinski definition) is 5. The van der Waals surface area contributed by atoms with Crippen molar-refractivity contribution in [1.82, 2.24) is 19.9 Å². The zero-order chi connectivity index (χ0) is 19.3. The predicted octanol–water partition coefficient (Wildman–Crippen LogP) is 2.09. The Kier molecular flexibility index (Phi) is 6.49. The smallest absolute Gasteiger partial charge is 0.328 e. The standard InChI is InChI=1S/C17H23FN4O3S/c1-4-22(5-2)11-12(3)20-17(23)21-26(24,25)16-7-6-15(18)14-10-19-9-8-13(14)16/h6-10,12H,4-5,11H2,1-3H3,(H2,20,21,23). The fraction of sp³-hybridized carbons (Fsp3) is 0.412. The minimum atomic E-state index is -4.16. The average molecular weight is 382 g/mol. The molecule has 0 aliphatic rings. The van der Waals surface area contributed by atoms with E-state index in [1.165, 1.54) is 18.5 Å². The molecule has 1 heterocycles. The van der Waals surface area contributed by atoms with Crippen LogP contribution in [-0.4, -0.2) is 50.0 Å². The number of nitrogens with one attached hydrogen (secondary N) is 2. The summed E-state index contributed by atoms with van der Waals surface area (Å²) >= 11 is 0. The van der Waals surface area contributed by atoms with Crippen molar-refractivity contribution in [2.24, 2.45) is 0 Å². The summed E-state index contributed by atoms with van der Waals surface area (Å²) in [5.41, 5.74) is 0. The lowest BCUT2D eigenvalue weighted by molar-refractivity contribution is 0.232. The summed E-state index contributed by atoms with van der Waals surface area (Å²) in [5.74, 6) is -0.579. The average Bonchev–Trinajstić information content (AvgIpc) is 2.59. The van der Waals surface area contributed by atoms with Gasteiger partial charge in [0, 0.05) is 35.8 Å². The normalized spacial score (nSPS) is 13.0. The number of likely N-dealkylation sites (N-methyl/N-ethyl adjacent to an activating group) is 1. The molecule has 1 unspecified atom stereocenters. The van der Waals surface area contributed by atoms with Crippen molar-refractivity contribution >= 4 is 26.8 Å². The van der Waals surface area contributed by atoms with E-state index >= 15 is 0 Å². The molecule has 0 fully saturated rings. The predicted molar refractivity (Wildman–Crippen MR) is 97.8 cm³/mol. The largest absolute Gasteiger partial charge is 0.334 e. The molecule has 2 aromatic rings. The minimum Gasteiger partial charge on any atom is -0.334 e. The molecular weight excluding hydrogens is 359 g/mol. The number of hydrogen-bond donors (Lipinski definition) is 2. The first-order valence-electron chi connectivity index (χ1n) is 8.36. The number of rotatable bonds is 7. The van der Waals surface area contributed by atoms with Gasteiger partial charge in [0.2, 0.25) is 0 Å². The number of halogens is 1. The molecule has 142 valence electrons. The van der Waals surface area contributed by atoms with Gasteiger partial charge in [-0.1, -0.05) is 13.8 Å². The van der Waals surface area contributed by atoms with Crippen molar-refractivity contribution in [3.63, 3.8) is 0 Å². The molecule has 7 nitrogen and oxygen atoms in total. The zero-order valence-corrected chi connectivity index (χ0v) is 15.8. The first-order chi connectivity index (χ1) is 12.3. The molecule has 1 aromatic heterocycles. The fourth-order valence-corrected chi connectivity index (χ4v) is 3.84. The van der Waals surface area contributed by atoms with Crippen LogP contribution in [0.25, 0.3) is 10.8 Å². The molecule has 2 N–H and O–H groups in total. The van der Waals surface area contributed by atoms with Gasteiger partial charge in [0.25, 0.3) is 10.0 Å². The van der Waals surface area contributed by atoms with E-state index in [-0.39, 0.29) is 21.7 Å². The van der Waals surface area contributed by atoms with Gasteiger partial charge in [-0.3, -0.25) is 4.98 Å². The molecular formula is C17H23FN4O3S.